The van der Waals surface area contributed by atoms with Crippen molar-refractivity contribution in [3.8, 4) is 11.5 Å². The van der Waals surface area contributed by atoms with E-state index < -0.39 is 23.8 Å². The van der Waals surface area contributed by atoms with Gasteiger partial charge in [-0.2, -0.15) is 0 Å². The molecule has 1 aromatic carbocycles. The second kappa shape index (κ2) is 16.3. The van der Waals surface area contributed by atoms with E-state index in [9.17, 15) is 20.1 Å². The van der Waals surface area contributed by atoms with Gasteiger partial charge < -0.3 is 34.4 Å². The zero-order valence-electron chi connectivity index (χ0n) is 29.0. The van der Waals surface area contributed by atoms with Gasteiger partial charge in [-0.1, -0.05) is 57.8 Å². The monoisotopic (exact) mass is 656 g/mol. The highest BCUT2D eigenvalue weighted by atomic mass is 16.7. The molecule has 0 bridgehead atoms. The lowest BCUT2D eigenvalue weighted by Crippen LogP contribution is -2.70. The van der Waals surface area contributed by atoms with Crippen molar-refractivity contribution in [1.82, 2.24) is 4.90 Å². The number of hydrogen-bond acceptors (Lipinski definition) is 9. The van der Waals surface area contributed by atoms with Gasteiger partial charge in [-0.25, -0.2) is 4.79 Å². The van der Waals surface area contributed by atoms with Crippen molar-refractivity contribution in [2.45, 2.75) is 96.8 Å². The zero-order valence-corrected chi connectivity index (χ0v) is 29.0. The topological polar surface area (TPSA) is 130 Å². The van der Waals surface area contributed by atoms with Crippen molar-refractivity contribution in [3.63, 3.8) is 0 Å². The molecule has 1 saturated carbocycles. The first-order valence-corrected chi connectivity index (χ1v) is 17.3. The van der Waals surface area contributed by atoms with Gasteiger partial charge in [0, 0.05) is 37.7 Å². The summed E-state index contributed by atoms with van der Waals surface area (Å²) < 4.78 is 19.8. The van der Waals surface area contributed by atoms with Crippen LogP contribution in [0.5, 0.6) is 11.5 Å². The van der Waals surface area contributed by atoms with Gasteiger partial charge in [0.15, 0.2) is 0 Å². The van der Waals surface area contributed by atoms with Gasteiger partial charge in [0.05, 0.1) is 24.8 Å². The third-order valence-corrected chi connectivity index (χ3v) is 9.56. The summed E-state index contributed by atoms with van der Waals surface area (Å²) in [5.41, 5.74) is 2.34. The molecule has 3 aliphatic rings. The number of carbonyl (C=O) groups excluding carboxylic acids is 1. The third-order valence-electron chi connectivity index (χ3n) is 9.56. The molecule has 6 atom stereocenters. The summed E-state index contributed by atoms with van der Waals surface area (Å²) in [6.07, 6.45) is 9.29. The number of phenolic OH excluding ortho intramolecular Hbond substituents is 1. The molecular formula is C37H56N2O8. The molecule has 0 saturated heterocycles. The molecular weight excluding hydrogens is 600 g/mol. The molecule has 6 unspecified atom stereocenters. The smallest absolute Gasteiger partial charge is 0.410 e. The molecule has 1 aliphatic heterocycles. The maximum atomic E-state index is 14.0. The molecule has 1 heterocycles. The third kappa shape index (κ3) is 8.15. The van der Waals surface area contributed by atoms with Crippen molar-refractivity contribution < 1.29 is 39.2 Å². The molecule has 0 radical (unpaired) electrons. The Morgan fingerprint density at radius 3 is 2.53 bits per heavy atom. The van der Waals surface area contributed by atoms with Crippen LogP contribution in [0, 0.1) is 23.2 Å². The number of allylic oxidation sites excluding steroid dienone is 1. The number of aliphatic hydroxyl groups is 2. The maximum Gasteiger partial charge on any atom is 0.410 e. The van der Waals surface area contributed by atoms with E-state index in [0.717, 1.165) is 42.5 Å². The Hall–Kier alpha value is -3.08. The largest absolute Gasteiger partial charge is 0.508 e. The van der Waals surface area contributed by atoms with Crippen LogP contribution in [0.1, 0.15) is 90.5 Å². The van der Waals surface area contributed by atoms with Gasteiger partial charge >= 0.3 is 6.09 Å². The molecule has 10 heteroatoms. The van der Waals surface area contributed by atoms with Gasteiger partial charge in [-0.3, -0.25) is 4.90 Å². The molecule has 262 valence electrons. The number of phenols is 1. The fraction of sp³-hybridized carbons (Fsp3) is 0.676. The van der Waals surface area contributed by atoms with E-state index in [0.29, 0.717) is 38.0 Å². The summed E-state index contributed by atoms with van der Waals surface area (Å²) in [4.78, 5) is 21.2. The summed E-state index contributed by atoms with van der Waals surface area (Å²) in [5, 5.41) is 34.7. The van der Waals surface area contributed by atoms with Crippen LogP contribution < -0.4 is 4.74 Å². The van der Waals surface area contributed by atoms with Crippen LogP contribution in [0.2, 0.25) is 0 Å². The Morgan fingerprint density at radius 2 is 1.89 bits per heavy atom. The molecule has 4 rings (SSSR count). The first-order chi connectivity index (χ1) is 22.5. The summed E-state index contributed by atoms with van der Waals surface area (Å²) in [5.74, 6) is -0.940. The highest BCUT2D eigenvalue weighted by molar-refractivity contribution is 6.02. The van der Waals surface area contributed by atoms with Gasteiger partial charge in [0.2, 0.25) is 5.79 Å². The number of hydrogen-bond donors (Lipinski definition) is 3. The maximum absolute atomic E-state index is 14.0. The predicted octanol–water partition coefficient (Wildman–Crippen LogP) is 6.55. The number of benzene rings is 1. The average molecular weight is 657 g/mol. The Balaban J connectivity index is 1.98. The number of amides is 1. The van der Waals surface area contributed by atoms with Crippen molar-refractivity contribution in [2.75, 3.05) is 40.1 Å². The quantitative estimate of drug-likeness (QED) is 0.104. The summed E-state index contributed by atoms with van der Waals surface area (Å²) in [6.45, 7) is 13.1. The average Bonchev–Trinajstić information content (AvgIpc) is 3.03. The minimum atomic E-state index is -1.33. The van der Waals surface area contributed by atoms with Crippen molar-refractivity contribution >= 4 is 11.8 Å². The standard InChI is InChI=1S/C37H56N2O8/c1-7-17-39(35(43)45-24-36(3,4)5)32-23-30(38-44-6)28-21-25(13-9-11-18-40)27(14-10-12-19-41)33-29-22-26(42)15-16-31(29)47-37(32,34(28)33)46-20-8-2/h8,15-16,21-22,25,27,32-34,40-42H,2,7,9-14,17-20,23-24H2,1,3-6H3. The Kier molecular flexibility index (Phi) is 12.8. The Bertz CT molecular complexity index is 1270. The van der Waals surface area contributed by atoms with Crippen LogP contribution in [0.4, 0.5) is 4.79 Å². The summed E-state index contributed by atoms with van der Waals surface area (Å²) in [6, 6.07) is 4.58. The molecule has 2 aliphatic carbocycles. The summed E-state index contributed by atoms with van der Waals surface area (Å²) in [7, 11) is 1.53. The molecule has 47 heavy (non-hydrogen) atoms. The predicted molar refractivity (Wildman–Crippen MR) is 181 cm³/mol. The van der Waals surface area contributed by atoms with E-state index in [4.69, 9.17) is 19.0 Å². The van der Waals surface area contributed by atoms with Gasteiger partial charge in [0.25, 0.3) is 0 Å². The number of carbonyl (C=O) groups is 1. The fourth-order valence-electron chi connectivity index (χ4n) is 7.74. The number of nitrogens with zero attached hydrogens (tertiary/aromatic N) is 2. The van der Waals surface area contributed by atoms with E-state index in [2.05, 4.69) is 17.8 Å². The first-order valence-electron chi connectivity index (χ1n) is 17.3. The van der Waals surface area contributed by atoms with Gasteiger partial charge in [0.1, 0.15) is 24.7 Å². The van der Waals surface area contributed by atoms with E-state index in [1.165, 1.54) is 7.11 Å². The number of aliphatic hydroxyl groups excluding tert-OH is 2. The highest BCUT2D eigenvalue weighted by Crippen LogP contribution is 2.61. The number of unbranched alkanes of at least 4 members (excludes halogenated alkanes) is 2. The zero-order chi connectivity index (χ0) is 34.2. The van der Waals surface area contributed by atoms with Gasteiger partial charge in [-0.05, 0) is 73.1 Å². The molecule has 10 nitrogen and oxygen atoms in total. The first kappa shape index (κ1) is 36.8. The molecule has 1 amide bonds. The second-order valence-corrected chi connectivity index (χ2v) is 14.3. The normalized spacial score (nSPS) is 27.3. The number of fused-ring (bicyclic) bond motifs is 2. The number of rotatable bonds is 16. The molecule has 3 N–H and O–H groups in total. The number of oxime groups is 1. The number of aromatic hydroxyl groups is 1. The lowest BCUT2D eigenvalue weighted by Gasteiger charge is -2.59. The Labute approximate surface area is 280 Å². The minimum Gasteiger partial charge on any atom is -0.508 e. The molecule has 1 aromatic rings. The van der Waals surface area contributed by atoms with E-state index in [-0.39, 0.29) is 55.3 Å². The SMILES string of the molecule is C=CCOC12Oc3ccc(O)cc3C3C(CCCCO)C(CCCCO)C=C(C(=NOC)CC1N(CCC)C(=O)OCC(C)(C)C)C32. The van der Waals surface area contributed by atoms with Crippen LogP contribution >= 0.6 is 0 Å². The fourth-order valence-corrected chi connectivity index (χ4v) is 7.74. The lowest BCUT2D eigenvalue weighted by atomic mass is 9.55. The van der Waals surface area contributed by atoms with E-state index >= 15 is 0 Å². The summed E-state index contributed by atoms with van der Waals surface area (Å²) >= 11 is 0. The van der Waals surface area contributed by atoms with Crippen LogP contribution in [0.3, 0.4) is 0 Å². The van der Waals surface area contributed by atoms with Gasteiger partial charge in [-0.15, -0.1) is 6.58 Å². The molecule has 1 fully saturated rings. The lowest BCUT2D eigenvalue weighted by molar-refractivity contribution is -0.255. The van der Waals surface area contributed by atoms with Crippen LogP contribution in [0.15, 0.2) is 47.7 Å². The van der Waals surface area contributed by atoms with Crippen LogP contribution in [0.25, 0.3) is 0 Å². The molecule has 0 spiro atoms. The second-order valence-electron chi connectivity index (χ2n) is 14.3. The van der Waals surface area contributed by atoms with Crippen molar-refractivity contribution in [1.29, 1.82) is 0 Å². The van der Waals surface area contributed by atoms with Crippen molar-refractivity contribution in [2.24, 2.45) is 28.3 Å². The van der Waals surface area contributed by atoms with Crippen LogP contribution in [-0.4, -0.2) is 83.9 Å². The van der Waals surface area contributed by atoms with E-state index in [1.54, 1.807) is 29.2 Å². The minimum absolute atomic E-state index is 0.0974. The Morgan fingerprint density at radius 1 is 1.17 bits per heavy atom. The molecule has 0 aromatic heterocycles. The highest BCUT2D eigenvalue weighted by Gasteiger charge is 2.65. The number of ether oxygens (including phenoxy) is 3. The van der Waals surface area contributed by atoms with Crippen molar-refractivity contribution in [3.05, 3.63) is 48.1 Å². The van der Waals surface area contributed by atoms with E-state index in [1.807, 2.05) is 27.7 Å². The van der Waals surface area contributed by atoms with Crippen LogP contribution in [-0.2, 0) is 14.3 Å².